The van der Waals surface area contributed by atoms with E-state index in [2.05, 4.69) is 5.32 Å². The summed E-state index contributed by atoms with van der Waals surface area (Å²) in [5, 5.41) is 2.96. The molecule has 0 aliphatic carbocycles. The fourth-order valence-electron chi connectivity index (χ4n) is 1.11. The fraction of sp³-hybridized carbons (Fsp3) is 0.364. The van der Waals surface area contributed by atoms with Crippen molar-refractivity contribution < 1.29 is 9.53 Å². The van der Waals surface area contributed by atoms with Crippen molar-refractivity contribution in [2.45, 2.75) is 20.0 Å². The first-order valence-corrected chi connectivity index (χ1v) is 4.66. The molecular weight excluding hydrogens is 178 g/mol. The van der Waals surface area contributed by atoms with E-state index >= 15 is 0 Å². The monoisotopic (exact) mass is 193 g/mol. The molecular formula is C11H15NO2. The Morgan fingerprint density at radius 1 is 1.50 bits per heavy atom. The summed E-state index contributed by atoms with van der Waals surface area (Å²) in [4.78, 5) is 10.1. The Kier molecular flexibility index (Phi) is 3.98. The van der Waals surface area contributed by atoms with Gasteiger partial charge >= 0.3 is 0 Å². The summed E-state index contributed by atoms with van der Waals surface area (Å²) in [7, 11) is 0. The molecule has 1 N–H and O–H groups in total. The van der Waals surface area contributed by atoms with E-state index in [0.717, 1.165) is 17.7 Å². The lowest BCUT2D eigenvalue weighted by Gasteiger charge is -2.10. The minimum Gasteiger partial charge on any atom is -0.491 e. The van der Waals surface area contributed by atoms with Crippen molar-refractivity contribution in [2.24, 2.45) is 0 Å². The molecule has 1 aromatic carbocycles. The second kappa shape index (κ2) is 5.27. The summed E-state index contributed by atoms with van der Waals surface area (Å²) in [6, 6.07) is 7.57. The van der Waals surface area contributed by atoms with Crippen molar-refractivity contribution in [3.8, 4) is 5.75 Å². The van der Waals surface area contributed by atoms with Crippen LogP contribution >= 0.6 is 0 Å². The van der Waals surface area contributed by atoms with E-state index in [1.807, 2.05) is 38.1 Å². The Morgan fingerprint density at radius 3 is 2.93 bits per heavy atom. The first kappa shape index (κ1) is 10.6. The van der Waals surface area contributed by atoms with Gasteiger partial charge in [-0.05, 0) is 26.0 Å². The fourth-order valence-corrected chi connectivity index (χ4v) is 1.11. The van der Waals surface area contributed by atoms with Crippen LogP contribution in [0.2, 0.25) is 0 Å². The van der Waals surface area contributed by atoms with E-state index in [-0.39, 0.29) is 6.10 Å². The van der Waals surface area contributed by atoms with Gasteiger partial charge in [0.2, 0.25) is 0 Å². The average Bonchev–Trinajstić information content (AvgIpc) is 2.14. The van der Waals surface area contributed by atoms with Gasteiger partial charge in [0.05, 0.1) is 12.6 Å². The van der Waals surface area contributed by atoms with E-state index in [9.17, 15) is 4.79 Å². The summed E-state index contributed by atoms with van der Waals surface area (Å²) in [5.74, 6) is 0.816. The summed E-state index contributed by atoms with van der Waals surface area (Å²) in [6.07, 6.45) is 0.993. The molecule has 0 unspecified atom stereocenters. The third kappa shape index (κ3) is 3.47. The Hall–Kier alpha value is -1.51. The minimum atomic E-state index is 0.163. The smallest absolute Gasteiger partial charge is 0.139 e. The topological polar surface area (TPSA) is 38.3 Å². The maximum absolute atomic E-state index is 10.1. The zero-order chi connectivity index (χ0) is 10.4. The Morgan fingerprint density at radius 2 is 2.29 bits per heavy atom. The first-order valence-electron chi connectivity index (χ1n) is 4.66. The zero-order valence-electron chi connectivity index (χ0n) is 8.49. The number of hydrogen-bond donors (Lipinski definition) is 1. The van der Waals surface area contributed by atoms with Crippen molar-refractivity contribution in [1.82, 2.24) is 0 Å². The molecule has 14 heavy (non-hydrogen) atoms. The molecule has 0 heterocycles. The molecule has 0 radical (unpaired) electrons. The molecule has 3 heteroatoms. The molecule has 0 aromatic heterocycles. The van der Waals surface area contributed by atoms with Gasteiger partial charge in [0.25, 0.3) is 0 Å². The number of ether oxygens (including phenoxy) is 1. The van der Waals surface area contributed by atoms with Gasteiger partial charge in [0.1, 0.15) is 12.0 Å². The highest BCUT2D eigenvalue weighted by atomic mass is 16.5. The lowest BCUT2D eigenvalue weighted by molar-refractivity contribution is -0.106. The van der Waals surface area contributed by atoms with Crippen molar-refractivity contribution in [3.63, 3.8) is 0 Å². The van der Waals surface area contributed by atoms with Gasteiger partial charge in [-0.2, -0.15) is 0 Å². The third-order valence-corrected chi connectivity index (χ3v) is 1.60. The third-order valence-electron chi connectivity index (χ3n) is 1.60. The molecule has 0 aliphatic heterocycles. The van der Waals surface area contributed by atoms with Crippen molar-refractivity contribution in [3.05, 3.63) is 24.3 Å². The molecule has 0 amide bonds. The van der Waals surface area contributed by atoms with Crippen LogP contribution in [0.4, 0.5) is 5.69 Å². The van der Waals surface area contributed by atoms with Gasteiger partial charge in [0, 0.05) is 11.8 Å². The highest BCUT2D eigenvalue weighted by molar-refractivity contribution is 5.60. The number of carbonyl (C=O) groups is 1. The highest BCUT2D eigenvalue weighted by Gasteiger charge is 1.98. The van der Waals surface area contributed by atoms with E-state index in [4.69, 9.17) is 4.74 Å². The van der Waals surface area contributed by atoms with Crippen LogP contribution in [-0.2, 0) is 4.79 Å². The molecule has 0 spiro atoms. The summed E-state index contributed by atoms with van der Waals surface area (Å²) in [5.41, 5.74) is 0.898. The van der Waals surface area contributed by atoms with E-state index in [1.54, 1.807) is 0 Å². The maximum atomic E-state index is 10.1. The number of aldehydes is 1. The quantitative estimate of drug-likeness (QED) is 0.728. The van der Waals surface area contributed by atoms with Crippen LogP contribution < -0.4 is 10.1 Å². The molecule has 1 rings (SSSR count). The van der Waals surface area contributed by atoms with Gasteiger partial charge in [-0.3, -0.25) is 0 Å². The molecule has 0 saturated heterocycles. The van der Waals surface area contributed by atoms with Crippen LogP contribution in [0, 0.1) is 0 Å². The predicted molar refractivity (Wildman–Crippen MR) is 56.8 cm³/mol. The van der Waals surface area contributed by atoms with Crippen molar-refractivity contribution >= 4 is 12.0 Å². The molecule has 0 atom stereocenters. The van der Waals surface area contributed by atoms with Crippen molar-refractivity contribution in [2.75, 3.05) is 11.9 Å². The lowest BCUT2D eigenvalue weighted by Crippen LogP contribution is -2.06. The average molecular weight is 193 g/mol. The van der Waals surface area contributed by atoms with Crippen LogP contribution in [-0.4, -0.2) is 18.9 Å². The number of hydrogen-bond acceptors (Lipinski definition) is 3. The van der Waals surface area contributed by atoms with E-state index in [1.165, 1.54) is 0 Å². The highest BCUT2D eigenvalue weighted by Crippen LogP contribution is 2.17. The Balaban J connectivity index is 2.63. The molecule has 0 aliphatic rings. The number of benzene rings is 1. The number of anilines is 1. The maximum Gasteiger partial charge on any atom is 0.139 e. The normalized spacial score (nSPS) is 9.93. The largest absolute Gasteiger partial charge is 0.491 e. The molecule has 3 nitrogen and oxygen atoms in total. The van der Waals surface area contributed by atoms with Gasteiger partial charge in [-0.1, -0.05) is 6.07 Å². The second-order valence-electron chi connectivity index (χ2n) is 3.24. The Bertz CT molecular complexity index is 297. The van der Waals surface area contributed by atoms with Crippen LogP contribution in [0.15, 0.2) is 24.3 Å². The van der Waals surface area contributed by atoms with Crippen LogP contribution in [0.1, 0.15) is 13.8 Å². The summed E-state index contributed by atoms with van der Waals surface area (Å²) in [6.45, 7) is 4.28. The van der Waals surface area contributed by atoms with Gasteiger partial charge in [0.15, 0.2) is 0 Å². The van der Waals surface area contributed by atoms with Crippen LogP contribution in [0.5, 0.6) is 5.75 Å². The summed E-state index contributed by atoms with van der Waals surface area (Å²) < 4.78 is 5.51. The number of carbonyl (C=O) groups excluding carboxylic acids is 1. The first-order chi connectivity index (χ1) is 6.72. The zero-order valence-corrected chi connectivity index (χ0v) is 8.49. The van der Waals surface area contributed by atoms with Crippen molar-refractivity contribution in [1.29, 1.82) is 0 Å². The molecule has 1 aromatic rings. The molecule has 0 fully saturated rings. The standard InChI is InChI=1S/C11H15NO2/c1-9(2)14-11-5-3-4-10(8-11)12-6-7-13/h3-5,7-9,12H,6H2,1-2H3. The van der Waals surface area contributed by atoms with Gasteiger partial charge in [-0.25, -0.2) is 0 Å². The van der Waals surface area contributed by atoms with Gasteiger partial charge in [-0.15, -0.1) is 0 Å². The van der Waals surface area contributed by atoms with E-state index < -0.39 is 0 Å². The molecule has 0 saturated carbocycles. The molecule has 0 bridgehead atoms. The molecule has 76 valence electrons. The SMILES string of the molecule is CC(C)Oc1cccc(NCC=O)c1. The predicted octanol–water partition coefficient (Wildman–Crippen LogP) is 2.08. The number of rotatable bonds is 5. The summed E-state index contributed by atoms with van der Waals surface area (Å²) >= 11 is 0. The lowest BCUT2D eigenvalue weighted by atomic mass is 10.3. The van der Waals surface area contributed by atoms with Gasteiger partial charge < -0.3 is 14.8 Å². The van der Waals surface area contributed by atoms with Crippen LogP contribution in [0.3, 0.4) is 0 Å². The number of nitrogens with one attached hydrogen (secondary N) is 1. The van der Waals surface area contributed by atoms with Crippen LogP contribution in [0.25, 0.3) is 0 Å². The Labute approximate surface area is 84.1 Å². The van der Waals surface area contributed by atoms with E-state index in [0.29, 0.717) is 6.54 Å². The minimum absolute atomic E-state index is 0.163. The second-order valence-corrected chi connectivity index (χ2v) is 3.24.